The van der Waals surface area contributed by atoms with Crippen molar-refractivity contribution in [1.82, 2.24) is 10.2 Å². The van der Waals surface area contributed by atoms with Crippen LogP contribution in [0.15, 0.2) is 24.3 Å². The van der Waals surface area contributed by atoms with Crippen molar-refractivity contribution in [2.24, 2.45) is 5.92 Å². The zero-order valence-electron chi connectivity index (χ0n) is 14.3. The molecule has 1 N–H and O–H groups in total. The number of hydrogen-bond acceptors (Lipinski definition) is 2. The van der Waals surface area contributed by atoms with Gasteiger partial charge in [-0.05, 0) is 30.5 Å². The van der Waals surface area contributed by atoms with Crippen molar-refractivity contribution in [3.05, 3.63) is 34.9 Å². The lowest BCUT2D eigenvalue weighted by atomic mass is 10.1. The molecule has 5 heteroatoms. The van der Waals surface area contributed by atoms with Gasteiger partial charge in [0, 0.05) is 31.6 Å². The summed E-state index contributed by atoms with van der Waals surface area (Å²) in [6, 6.07) is 7.62. The van der Waals surface area contributed by atoms with Crippen molar-refractivity contribution in [2.45, 2.75) is 40.0 Å². The number of halogens is 1. The highest BCUT2D eigenvalue weighted by atomic mass is 35.5. The molecule has 4 nitrogen and oxygen atoms in total. The number of benzene rings is 1. The van der Waals surface area contributed by atoms with E-state index >= 15 is 0 Å². The Morgan fingerprint density at radius 1 is 1.26 bits per heavy atom. The Hall–Kier alpha value is -1.55. The van der Waals surface area contributed by atoms with Crippen LogP contribution in [-0.4, -0.2) is 36.3 Å². The van der Waals surface area contributed by atoms with E-state index in [1.807, 2.05) is 24.3 Å². The molecule has 1 unspecified atom stereocenters. The quantitative estimate of drug-likeness (QED) is 0.915. The SMILES string of the molecule is CC(=O)N1CCC(C(=O)NCCc2ccc(Cl)cc2)C1.CCC. The highest BCUT2D eigenvalue weighted by Crippen LogP contribution is 2.16. The first-order chi connectivity index (χ1) is 11.0. The molecule has 1 saturated heterocycles. The molecule has 1 fully saturated rings. The maximum Gasteiger partial charge on any atom is 0.224 e. The molecule has 1 aromatic carbocycles. The van der Waals surface area contributed by atoms with Crippen molar-refractivity contribution >= 4 is 23.4 Å². The number of nitrogens with one attached hydrogen (secondary N) is 1. The molecule has 1 aliphatic heterocycles. The highest BCUT2D eigenvalue weighted by Gasteiger charge is 2.29. The fraction of sp³-hybridized carbons (Fsp3) is 0.556. The summed E-state index contributed by atoms with van der Waals surface area (Å²) in [7, 11) is 0. The van der Waals surface area contributed by atoms with Crippen molar-refractivity contribution in [2.75, 3.05) is 19.6 Å². The fourth-order valence-corrected chi connectivity index (χ4v) is 2.51. The number of rotatable bonds is 4. The first-order valence-corrected chi connectivity index (χ1v) is 8.63. The summed E-state index contributed by atoms with van der Waals surface area (Å²) >= 11 is 5.82. The minimum atomic E-state index is -0.0656. The van der Waals surface area contributed by atoms with Gasteiger partial charge in [-0.3, -0.25) is 9.59 Å². The Balaban J connectivity index is 0.000000816. The van der Waals surface area contributed by atoms with E-state index in [0.29, 0.717) is 24.7 Å². The summed E-state index contributed by atoms with van der Waals surface area (Å²) in [4.78, 5) is 24.9. The summed E-state index contributed by atoms with van der Waals surface area (Å²) in [5.41, 5.74) is 1.14. The molecule has 23 heavy (non-hydrogen) atoms. The minimum Gasteiger partial charge on any atom is -0.355 e. The Morgan fingerprint density at radius 3 is 2.39 bits per heavy atom. The van der Waals surface area contributed by atoms with Gasteiger partial charge in [-0.2, -0.15) is 0 Å². The van der Waals surface area contributed by atoms with Gasteiger partial charge in [0.1, 0.15) is 0 Å². The molecule has 1 atom stereocenters. The lowest BCUT2D eigenvalue weighted by Gasteiger charge is -2.14. The third kappa shape index (κ3) is 7.04. The standard InChI is InChI=1S/C15H19ClN2O2.C3H8/c1-11(19)18-9-7-13(10-18)15(20)17-8-6-12-2-4-14(16)5-3-12;1-3-2/h2-5,13H,6-10H2,1H3,(H,17,20);3H2,1-2H3. The van der Waals surface area contributed by atoms with Crippen LogP contribution in [0.5, 0.6) is 0 Å². The normalized spacial score (nSPS) is 16.5. The summed E-state index contributed by atoms with van der Waals surface area (Å²) in [6.07, 6.45) is 2.79. The lowest BCUT2D eigenvalue weighted by molar-refractivity contribution is -0.128. The van der Waals surface area contributed by atoms with Crippen LogP contribution in [0.25, 0.3) is 0 Å². The zero-order chi connectivity index (χ0) is 17.2. The van der Waals surface area contributed by atoms with Gasteiger partial charge in [-0.25, -0.2) is 0 Å². The third-order valence-electron chi connectivity index (χ3n) is 3.63. The molecule has 0 saturated carbocycles. The predicted molar refractivity (Wildman–Crippen MR) is 94.5 cm³/mol. The van der Waals surface area contributed by atoms with Crippen molar-refractivity contribution in [3.63, 3.8) is 0 Å². The molecule has 1 aliphatic rings. The Bertz CT molecular complexity index is 502. The maximum atomic E-state index is 12.0. The molecular weight excluding hydrogens is 312 g/mol. The van der Waals surface area contributed by atoms with Crippen LogP contribution >= 0.6 is 11.6 Å². The van der Waals surface area contributed by atoms with Crippen LogP contribution in [0.1, 0.15) is 39.2 Å². The van der Waals surface area contributed by atoms with Crippen LogP contribution in [0.2, 0.25) is 5.02 Å². The minimum absolute atomic E-state index is 0.0430. The summed E-state index contributed by atoms with van der Waals surface area (Å²) < 4.78 is 0. The molecule has 0 aliphatic carbocycles. The number of nitrogens with zero attached hydrogens (tertiary/aromatic N) is 1. The summed E-state index contributed by atoms with van der Waals surface area (Å²) in [5, 5.41) is 3.65. The van der Waals surface area contributed by atoms with E-state index in [-0.39, 0.29) is 17.7 Å². The molecular formula is C18H27ClN2O2. The largest absolute Gasteiger partial charge is 0.355 e. The van der Waals surface area contributed by atoms with Gasteiger partial charge in [-0.1, -0.05) is 44.0 Å². The van der Waals surface area contributed by atoms with Gasteiger partial charge in [0.05, 0.1) is 5.92 Å². The molecule has 1 heterocycles. The zero-order valence-corrected chi connectivity index (χ0v) is 15.0. The monoisotopic (exact) mass is 338 g/mol. The van der Waals surface area contributed by atoms with E-state index in [1.165, 1.54) is 6.42 Å². The van der Waals surface area contributed by atoms with Crippen LogP contribution in [0, 0.1) is 5.92 Å². The smallest absolute Gasteiger partial charge is 0.224 e. The Morgan fingerprint density at radius 2 is 1.87 bits per heavy atom. The highest BCUT2D eigenvalue weighted by molar-refractivity contribution is 6.30. The van der Waals surface area contributed by atoms with Gasteiger partial charge in [0.2, 0.25) is 11.8 Å². The molecule has 2 amide bonds. The average molecular weight is 339 g/mol. The first kappa shape index (κ1) is 19.5. The van der Waals surface area contributed by atoms with E-state index in [4.69, 9.17) is 11.6 Å². The molecule has 1 aromatic rings. The van der Waals surface area contributed by atoms with Crippen molar-refractivity contribution in [1.29, 1.82) is 0 Å². The van der Waals surface area contributed by atoms with E-state index in [1.54, 1.807) is 11.8 Å². The van der Waals surface area contributed by atoms with E-state index in [2.05, 4.69) is 19.2 Å². The van der Waals surface area contributed by atoms with E-state index < -0.39 is 0 Å². The average Bonchev–Trinajstić information content (AvgIpc) is 3.00. The molecule has 0 aromatic heterocycles. The van der Waals surface area contributed by atoms with E-state index in [9.17, 15) is 9.59 Å². The van der Waals surface area contributed by atoms with Gasteiger partial charge >= 0.3 is 0 Å². The Labute approximate surface area is 144 Å². The second kappa shape index (κ2) is 10.3. The van der Waals surface area contributed by atoms with Crippen molar-refractivity contribution in [3.8, 4) is 0 Å². The van der Waals surface area contributed by atoms with Crippen molar-refractivity contribution < 1.29 is 9.59 Å². The topological polar surface area (TPSA) is 49.4 Å². The molecule has 0 bridgehead atoms. The second-order valence-electron chi connectivity index (χ2n) is 5.83. The van der Waals surface area contributed by atoms with Gasteiger partial charge in [0.15, 0.2) is 0 Å². The first-order valence-electron chi connectivity index (χ1n) is 8.25. The van der Waals surface area contributed by atoms with Crippen LogP contribution in [0.4, 0.5) is 0 Å². The van der Waals surface area contributed by atoms with Gasteiger partial charge in [-0.15, -0.1) is 0 Å². The van der Waals surface area contributed by atoms with Gasteiger partial charge in [0.25, 0.3) is 0 Å². The molecule has 0 spiro atoms. The van der Waals surface area contributed by atoms with Crippen LogP contribution in [0.3, 0.4) is 0 Å². The lowest BCUT2D eigenvalue weighted by Crippen LogP contribution is -2.34. The maximum absolute atomic E-state index is 12.0. The third-order valence-corrected chi connectivity index (χ3v) is 3.88. The fourth-order valence-electron chi connectivity index (χ4n) is 2.39. The molecule has 0 radical (unpaired) electrons. The number of carbonyl (C=O) groups excluding carboxylic acids is 2. The summed E-state index contributed by atoms with van der Waals surface area (Å²) in [5.74, 6) is 0.0216. The predicted octanol–water partition coefficient (Wildman–Crippen LogP) is 3.28. The molecule has 128 valence electrons. The Kier molecular flexibility index (Phi) is 8.70. The number of carbonyl (C=O) groups is 2. The van der Waals surface area contributed by atoms with Gasteiger partial charge < -0.3 is 10.2 Å². The number of amides is 2. The number of likely N-dealkylation sites (tertiary alicyclic amines) is 1. The number of hydrogen-bond donors (Lipinski definition) is 1. The van der Waals surface area contributed by atoms with E-state index in [0.717, 1.165) is 18.4 Å². The second-order valence-corrected chi connectivity index (χ2v) is 6.26. The van der Waals surface area contributed by atoms with Crippen LogP contribution in [-0.2, 0) is 16.0 Å². The summed E-state index contributed by atoms with van der Waals surface area (Å²) in [6.45, 7) is 7.63. The molecule has 2 rings (SSSR count). The van der Waals surface area contributed by atoms with Crippen LogP contribution < -0.4 is 5.32 Å².